The molecule has 1 amide bonds. The van der Waals surface area contributed by atoms with Crippen molar-refractivity contribution >= 4 is 17.5 Å². The number of hydrogen-bond donors (Lipinski definition) is 1. The van der Waals surface area contributed by atoms with E-state index in [1.54, 1.807) is 0 Å². The summed E-state index contributed by atoms with van der Waals surface area (Å²) >= 11 is 0. The quantitative estimate of drug-likeness (QED) is 0.833. The minimum absolute atomic E-state index is 0.0545. The van der Waals surface area contributed by atoms with Crippen LogP contribution in [0.2, 0.25) is 0 Å². The Labute approximate surface area is 167 Å². The number of rotatable bonds is 3. The molecule has 0 radical (unpaired) electrons. The van der Waals surface area contributed by atoms with Crippen molar-refractivity contribution in [3.8, 4) is 5.75 Å². The van der Waals surface area contributed by atoms with Gasteiger partial charge in [-0.2, -0.15) is 0 Å². The molecule has 2 aromatic rings. The summed E-state index contributed by atoms with van der Waals surface area (Å²) in [4.78, 5) is 17.3. The van der Waals surface area contributed by atoms with Crippen molar-refractivity contribution in [2.75, 3.05) is 30.9 Å². The molecule has 0 bridgehead atoms. The molecule has 2 atom stereocenters. The van der Waals surface area contributed by atoms with Gasteiger partial charge in [-0.25, -0.2) is 4.79 Å². The maximum Gasteiger partial charge on any atom is 0.417 e. The van der Waals surface area contributed by atoms with E-state index < -0.39 is 6.09 Å². The van der Waals surface area contributed by atoms with E-state index in [4.69, 9.17) is 4.74 Å². The third kappa shape index (κ3) is 2.94. The molecule has 2 aliphatic heterocycles. The van der Waals surface area contributed by atoms with E-state index in [0.29, 0.717) is 17.8 Å². The highest BCUT2D eigenvalue weighted by molar-refractivity contribution is 5.87. The van der Waals surface area contributed by atoms with Crippen molar-refractivity contribution in [3.63, 3.8) is 0 Å². The molecule has 1 N–H and O–H groups in total. The fraction of sp³-hybridized carbons (Fsp3) is 0.435. The molecule has 0 saturated carbocycles. The van der Waals surface area contributed by atoms with E-state index in [0.717, 1.165) is 24.2 Å². The second-order valence-electron chi connectivity index (χ2n) is 8.57. The van der Waals surface area contributed by atoms with Crippen molar-refractivity contribution < 1.29 is 9.53 Å². The number of hydrogen-bond acceptors (Lipinski definition) is 4. The number of carbonyl (C=O) groups excluding carboxylic acids is 1. The van der Waals surface area contributed by atoms with E-state index >= 15 is 0 Å². The van der Waals surface area contributed by atoms with E-state index in [1.165, 1.54) is 11.3 Å². The molecule has 1 fully saturated rings. The van der Waals surface area contributed by atoms with Gasteiger partial charge in [0.1, 0.15) is 5.75 Å². The first kappa shape index (κ1) is 18.8. The first-order valence-electron chi connectivity index (χ1n) is 9.96. The van der Waals surface area contributed by atoms with Crippen LogP contribution >= 0.6 is 0 Å². The summed E-state index contributed by atoms with van der Waals surface area (Å²) in [5.74, 6) is 0.909. The molecular weight excluding hydrogens is 350 g/mol. The zero-order valence-electron chi connectivity index (χ0n) is 17.3. The highest BCUT2D eigenvalue weighted by Crippen LogP contribution is 2.51. The van der Waals surface area contributed by atoms with Crippen molar-refractivity contribution in [1.29, 1.82) is 0 Å². The summed E-state index contributed by atoms with van der Waals surface area (Å²) in [6.45, 7) is 7.60. The molecule has 4 rings (SSSR count). The molecule has 28 heavy (non-hydrogen) atoms. The lowest BCUT2D eigenvalue weighted by Crippen LogP contribution is -2.45. The number of nitrogens with zero attached hydrogens (tertiary/aromatic N) is 2. The van der Waals surface area contributed by atoms with Gasteiger partial charge in [0.05, 0.1) is 6.17 Å². The van der Waals surface area contributed by atoms with Crippen LogP contribution in [0, 0.1) is 0 Å². The lowest BCUT2D eigenvalue weighted by Gasteiger charge is -2.32. The molecule has 5 heteroatoms. The third-order valence-corrected chi connectivity index (χ3v) is 6.33. The Bertz CT molecular complexity index is 910. The standard InChI is InChI=1S/C23H29N3O2/c1-15(2)17-8-6-7-9-19(17)24-22(27)28-16-10-11-20-18(14-16)23(3)12-13-25(4)21(23)26(20)5/h6-11,14-15,21H,12-13H2,1-5H3,(H,24,27)/t21?,23-/m0/s1. The molecule has 0 spiro atoms. The number of amides is 1. The maximum atomic E-state index is 12.5. The van der Waals surface area contributed by atoms with E-state index in [2.05, 4.69) is 56.0 Å². The van der Waals surface area contributed by atoms with Gasteiger partial charge < -0.3 is 9.64 Å². The van der Waals surface area contributed by atoms with Gasteiger partial charge in [0.15, 0.2) is 0 Å². The number of para-hydroxylation sites is 1. The summed E-state index contributed by atoms with van der Waals surface area (Å²) in [6, 6.07) is 13.8. The predicted octanol–water partition coefficient (Wildman–Crippen LogP) is 4.79. The molecule has 1 saturated heterocycles. The normalized spacial score (nSPS) is 23.6. The van der Waals surface area contributed by atoms with Crippen LogP contribution in [-0.2, 0) is 5.41 Å². The zero-order valence-corrected chi connectivity index (χ0v) is 17.3. The second-order valence-corrected chi connectivity index (χ2v) is 8.57. The molecule has 2 aliphatic rings. The summed E-state index contributed by atoms with van der Waals surface area (Å²) in [5, 5.41) is 2.90. The second kappa shape index (κ2) is 6.82. The summed E-state index contributed by atoms with van der Waals surface area (Å²) in [7, 11) is 4.32. The first-order chi connectivity index (χ1) is 13.3. The summed E-state index contributed by atoms with van der Waals surface area (Å²) in [6.07, 6.45) is 0.997. The van der Waals surface area contributed by atoms with Gasteiger partial charge in [-0.3, -0.25) is 10.2 Å². The number of likely N-dealkylation sites (tertiary alicyclic amines) is 1. The van der Waals surface area contributed by atoms with Gasteiger partial charge in [-0.1, -0.05) is 39.0 Å². The molecule has 0 aliphatic carbocycles. The number of benzene rings is 2. The van der Waals surface area contributed by atoms with Crippen LogP contribution in [0.15, 0.2) is 42.5 Å². The number of carbonyl (C=O) groups is 1. The Kier molecular flexibility index (Phi) is 4.58. The molecule has 2 heterocycles. The van der Waals surface area contributed by atoms with Gasteiger partial charge >= 0.3 is 6.09 Å². The number of likely N-dealkylation sites (N-methyl/N-ethyl adjacent to an activating group) is 2. The van der Waals surface area contributed by atoms with Crippen LogP contribution in [-0.4, -0.2) is 37.8 Å². The van der Waals surface area contributed by atoms with Crippen LogP contribution in [0.4, 0.5) is 16.2 Å². The van der Waals surface area contributed by atoms with Gasteiger partial charge in [-0.05, 0) is 54.8 Å². The van der Waals surface area contributed by atoms with Crippen LogP contribution < -0.4 is 15.0 Å². The Hall–Kier alpha value is -2.53. The molecular formula is C23H29N3O2. The van der Waals surface area contributed by atoms with Crippen molar-refractivity contribution in [2.45, 2.75) is 44.7 Å². The number of ether oxygens (including phenoxy) is 1. The summed E-state index contributed by atoms with van der Waals surface area (Å²) in [5.41, 5.74) is 4.43. The van der Waals surface area contributed by atoms with Crippen molar-refractivity contribution in [3.05, 3.63) is 53.6 Å². The predicted molar refractivity (Wildman–Crippen MR) is 113 cm³/mol. The monoisotopic (exact) mass is 379 g/mol. The molecule has 0 aromatic heterocycles. The molecule has 148 valence electrons. The van der Waals surface area contributed by atoms with Crippen LogP contribution in [0.1, 0.15) is 44.2 Å². The maximum absolute atomic E-state index is 12.5. The highest BCUT2D eigenvalue weighted by Gasteiger charge is 2.52. The molecule has 5 nitrogen and oxygen atoms in total. The third-order valence-electron chi connectivity index (χ3n) is 6.33. The fourth-order valence-electron chi connectivity index (χ4n) is 4.98. The zero-order chi connectivity index (χ0) is 20.1. The topological polar surface area (TPSA) is 44.8 Å². The van der Waals surface area contributed by atoms with Crippen LogP contribution in [0.25, 0.3) is 0 Å². The van der Waals surface area contributed by atoms with Gasteiger partial charge in [-0.15, -0.1) is 0 Å². The Morgan fingerprint density at radius 3 is 2.71 bits per heavy atom. The molecule has 2 aromatic carbocycles. The fourth-order valence-corrected chi connectivity index (χ4v) is 4.98. The minimum atomic E-state index is -0.454. The number of anilines is 2. The number of fused-ring (bicyclic) bond motifs is 3. The van der Waals surface area contributed by atoms with Gasteiger partial charge in [0.25, 0.3) is 0 Å². The lowest BCUT2D eigenvalue weighted by atomic mass is 9.81. The van der Waals surface area contributed by atoms with Crippen molar-refractivity contribution in [1.82, 2.24) is 4.90 Å². The first-order valence-corrected chi connectivity index (χ1v) is 9.96. The SMILES string of the molecule is CC(C)c1ccccc1NC(=O)Oc1ccc2c(c1)[C@]1(C)CCN(C)C1N2C. The average molecular weight is 380 g/mol. The van der Waals surface area contributed by atoms with E-state index in [9.17, 15) is 4.79 Å². The minimum Gasteiger partial charge on any atom is -0.410 e. The average Bonchev–Trinajstić information content (AvgIpc) is 3.07. The Morgan fingerprint density at radius 2 is 1.96 bits per heavy atom. The highest BCUT2D eigenvalue weighted by atomic mass is 16.6. The van der Waals surface area contributed by atoms with Crippen molar-refractivity contribution in [2.24, 2.45) is 0 Å². The van der Waals surface area contributed by atoms with Crippen LogP contribution in [0.5, 0.6) is 5.75 Å². The van der Waals surface area contributed by atoms with Gasteiger partial charge in [0, 0.05) is 30.4 Å². The largest absolute Gasteiger partial charge is 0.417 e. The van der Waals surface area contributed by atoms with Crippen LogP contribution in [0.3, 0.4) is 0 Å². The van der Waals surface area contributed by atoms with Gasteiger partial charge in [0.2, 0.25) is 0 Å². The Balaban J connectivity index is 1.55. The van der Waals surface area contributed by atoms with E-state index in [1.807, 2.05) is 36.4 Å². The van der Waals surface area contributed by atoms with E-state index in [-0.39, 0.29) is 5.41 Å². The smallest absolute Gasteiger partial charge is 0.410 e. The molecule has 1 unspecified atom stereocenters. The Morgan fingerprint density at radius 1 is 1.21 bits per heavy atom. The number of nitrogens with one attached hydrogen (secondary N) is 1. The lowest BCUT2D eigenvalue weighted by molar-refractivity contribution is 0.215. The summed E-state index contributed by atoms with van der Waals surface area (Å²) < 4.78 is 5.65.